The van der Waals surface area contributed by atoms with Gasteiger partial charge in [-0.2, -0.15) is 0 Å². The summed E-state index contributed by atoms with van der Waals surface area (Å²) < 4.78 is 2.13. The Labute approximate surface area is 200 Å². The zero-order valence-electron chi connectivity index (χ0n) is 18.5. The lowest BCUT2D eigenvalue weighted by Crippen LogP contribution is -1.97. The second-order valence-electron chi connectivity index (χ2n) is 7.62. The Bertz CT molecular complexity index is 934. The molecule has 0 N–H and O–H groups in total. The summed E-state index contributed by atoms with van der Waals surface area (Å²) in [5.74, 6) is 2.76. The largest absolute Gasteiger partial charge is 0.175 e. The topological polar surface area (TPSA) is 25.8 Å². The van der Waals surface area contributed by atoms with Gasteiger partial charge in [-0.15, -0.1) is 10.2 Å². The van der Waals surface area contributed by atoms with Gasteiger partial charge in [-0.1, -0.05) is 116 Å². The first-order valence-electron chi connectivity index (χ1n) is 11.1. The highest BCUT2D eigenvalue weighted by Crippen LogP contribution is 2.30. The predicted octanol–water partition coefficient (Wildman–Crippen LogP) is 8.14. The quantitative estimate of drug-likeness (QED) is 0.236. The van der Waals surface area contributed by atoms with E-state index in [4.69, 9.17) is 0 Å². The Morgan fingerprint density at radius 1 is 0.935 bits per heavy atom. The van der Waals surface area contributed by atoms with Crippen LogP contribution in [0.2, 0.25) is 0 Å². The third kappa shape index (κ3) is 7.81. The number of benzene rings is 2. The van der Waals surface area contributed by atoms with Crippen molar-refractivity contribution in [2.45, 2.75) is 60.5 Å². The first-order chi connectivity index (χ1) is 15.2. The van der Waals surface area contributed by atoms with Crippen LogP contribution < -0.4 is 0 Å². The van der Waals surface area contributed by atoms with Crippen LogP contribution in [0, 0.1) is 0 Å². The molecule has 0 radical (unpaired) electrons. The molecule has 2 nitrogen and oxygen atoms in total. The van der Waals surface area contributed by atoms with Gasteiger partial charge >= 0.3 is 0 Å². The molecule has 1 atom stereocenters. The van der Waals surface area contributed by atoms with Crippen LogP contribution in [0.1, 0.15) is 61.3 Å². The Morgan fingerprint density at radius 3 is 2.23 bits per heavy atom. The molecule has 0 amide bonds. The molecule has 0 spiro atoms. The summed E-state index contributed by atoms with van der Waals surface area (Å²) >= 11 is 5.32. The van der Waals surface area contributed by atoms with Crippen LogP contribution in [0.4, 0.5) is 0 Å². The van der Waals surface area contributed by atoms with Crippen molar-refractivity contribution in [2.75, 3.05) is 11.5 Å². The average Bonchev–Trinajstić information content (AvgIpc) is 3.26. The van der Waals surface area contributed by atoms with Crippen LogP contribution in [-0.2, 0) is 12.8 Å². The highest BCUT2D eigenvalue weighted by molar-refractivity contribution is 8.03. The van der Waals surface area contributed by atoms with E-state index in [9.17, 15) is 0 Å². The van der Waals surface area contributed by atoms with Crippen molar-refractivity contribution in [3.05, 3.63) is 77.4 Å². The predicted molar refractivity (Wildman–Crippen MR) is 140 cm³/mol. The molecule has 3 rings (SSSR count). The monoisotopic (exact) mass is 468 g/mol. The van der Waals surface area contributed by atoms with Crippen molar-refractivity contribution in [1.82, 2.24) is 10.2 Å². The van der Waals surface area contributed by atoms with Crippen LogP contribution in [0.15, 0.2) is 63.8 Å². The van der Waals surface area contributed by atoms with Crippen molar-refractivity contribution in [1.29, 1.82) is 0 Å². The van der Waals surface area contributed by atoms with Gasteiger partial charge in [-0.05, 0) is 53.9 Å². The zero-order valence-corrected chi connectivity index (χ0v) is 21.0. The molecule has 1 heterocycles. The molecule has 0 saturated carbocycles. The molecule has 0 saturated heterocycles. The van der Waals surface area contributed by atoms with E-state index in [1.165, 1.54) is 41.5 Å². The van der Waals surface area contributed by atoms with E-state index in [2.05, 4.69) is 79.2 Å². The van der Waals surface area contributed by atoms with Gasteiger partial charge in [0.2, 0.25) is 0 Å². The Hall–Kier alpha value is -1.56. The minimum atomic E-state index is 0.705. The maximum Gasteiger partial charge on any atom is 0.175 e. The SMILES string of the molecule is C=Cc1cccc(CCSc2nnc(SCCc3ccc(C(CC)CCC)cc3)s2)c1. The van der Waals surface area contributed by atoms with E-state index in [0.717, 1.165) is 33.0 Å². The third-order valence-corrected chi connectivity index (χ3v) is 8.58. The van der Waals surface area contributed by atoms with Crippen LogP contribution in [0.25, 0.3) is 6.08 Å². The summed E-state index contributed by atoms with van der Waals surface area (Å²) in [5.41, 5.74) is 5.42. The fourth-order valence-electron chi connectivity index (χ4n) is 3.61. The molecule has 1 aromatic heterocycles. The number of nitrogens with zero attached hydrogens (tertiary/aromatic N) is 2. The number of hydrogen-bond acceptors (Lipinski definition) is 5. The van der Waals surface area contributed by atoms with Gasteiger partial charge in [0.15, 0.2) is 8.68 Å². The number of rotatable bonds is 13. The van der Waals surface area contributed by atoms with E-state index in [-0.39, 0.29) is 0 Å². The van der Waals surface area contributed by atoms with Crippen LogP contribution >= 0.6 is 34.9 Å². The molecule has 2 aromatic carbocycles. The van der Waals surface area contributed by atoms with E-state index in [1.54, 1.807) is 23.1 Å². The van der Waals surface area contributed by atoms with Gasteiger partial charge in [0.05, 0.1) is 0 Å². The number of aromatic nitrogens is 2. The second kappa shape index (κ2) is 13.1. The third-order valence-electron chi connectivity index (χ3n) is 5.39. The van der Waals surface area contributed by atoms with E-state index >= 15 is 0 Å². The lowest BCUT2D eigenvalue weighted by Gasteiger charge is -2.14. The molecule has 5 heteroatoms. The number of hydrogen-bond donors (Lipinski definition) is 0. The van der Waals surface area contributed by atoms with Crippen molar-refractivity contribution in [3.63, 3.8) is 0 Å². The maximum atomic E-state index is 4.37. The lowest BCUT2D eigenvalue weighted by atomic mass is 9.91. The summed E-state index contributed by atoms with van der Waals surface area (Å²) in [5, 5.41) is 8.73. The highest BCUT2D eigenvalue weighted by Gasteiger charge is 2.09. The van der Waals surface area contributed by atoms with E-state index in [0.29, 0.717) is 5.92 Å². The van der Waals surface area contributed by atoms with E-state index in [1.807, 2.05) is 17.8 Å². The standard InChI is InChI=1S/C26H32N2S3/c1-4-8-23(6-3)24-13-11-21(12-14-24)15-17-29-25-27-28-26(31-25)30-18-16-22-10-7-9-20(5-2)19-22/h5,7,9-14,19,23H,2,4,6,8,15-18H2,1,3H3. The maximum absolute atomic E-state index is 4.37. The fraction of sp³-hybridized carbons (Fsp3) is 0.385. The van der Waals surface area contributed by atoms with Gasteiger partial charge in [0.1, 0.15) is 0 Å². The molecule has 0 aliphatic rings. The van der Waals surface area contributed by atoms with Gasteiger partial charge in [-0.3, -0.25) is 0 Å². The van der Waals surface area contributed by atoms with Crippen LogP contribution in [-0.4, -0.2) is 21.7 Å². The summed E-state index contributed by atoms with van der Waals surface area (Å²) in [6.07, 6.45) is 7.75. The highest BCUT2D eigenvalue weighted by atomic mass is 32.2. The van der Waals surface area contributed by atoms with Crippen molar-refractivity contribution < 1.29 is 0 Å². The molecular weight excluding hydrogens is 437 g/mol. The van der Waals surface area contributed by atoms with Gasteiger partial charge in [0, 0.05) is 11.5 Å². The molecule has 0 aliphatic carbocycles. The van der Waals surface area contributed by atoms with Crippen molar-refractivity contribution >= 4 is 40.9 Å². The van der Waals surface area contributed by atoms with E-state index < -0.39 is 0 Å². The minimum Gasteiger partial charge on any atom is -0.131 e. The normalized spacial score (nSPS) is 12.1. The Balaban J connectivity index is 1.40. The average molecular weight is 469 g/mol. The molecule has 31 heavy (non-hydrogen) atoms. The second-order valence-corrected chi connectivity index (χ2v) is 11.3. The molecule has 0 fully saturated rings. The van der Waals surface area contributed by atoms with Crippen molar-refractivity contribution in [2.24, 2.45) is 0 Å². The first kappa shape index (κ1) is 24.1. The van der Waals surface area contributed by atoms with Crippen molar-refractivity contribution in [3.8, 4) is 0 Å². The Kier molecular flexibility index (Phi) is 10.2. The molecule has 0 bridgehead atoms. The molecular formula is C26H32N2S3. The van der Waals surface area contributed by atoms with Gasteiger partial charge in [0.25, 0.3) is 0 Å². The number of thioether (sulfide) groups is 2. The molecule has 1 unspecified atom stereocenters. The smallest absolute Gasteiger partial charge is 0.131 e. The number of aryl methyl sites for hydroxylation is 2. The first-order valence-corrected chi connectivity index (χ1v) is 13.9. The summed E-state index contributed by atoms with van der Waals surface area (Å²) in [4.78, 5) is 0. The lowest BCUT2D eigenvalue weighted by molar-refractivity contribution is 0.596. The van der Waals surface area contributed by atoms with Gasteiger partial charge in [-0.25, -0.2) is 0 Å². The summed E-state index contributed by atoms with van der Waals surface area (Å²) in [6.45, 7) is 8.41. The minimum absolute atomic E-state index is 0.705. The molecule has 0 aliphatic heterocycles. The zero-order chi connectivity index (χ0) is 21.9. The van der Waals surface area contributed by atoms with Gasteiger partial charge < -0.3 is 0 Å². The fourth-order valence-corrected chi connectivity index (χ4v) is 6.75. The summed E-state index contributed by atoms with van der Waals surface area (Å²) in [7, 11) is 0. The molecule has 3 aromatic rings. The summed E-state index contributed by atoms with van der Waals surface area (Å²) in [6, 6.07) is 17.8. The molecule has 164 valence electrons. The van der Waals surface area contributed by atoms with Crippen LogP contribution in [0.3, 0.4) is 0 Å². The Morgan fingerprint density at radius 2 is 1.61 bits per heavy atom. The van der Waals surface area contributed by atoms with Crippen LogP contribution in [0.5, 0.6) is 0 Å².